The Morgan fingerprint density at radius 1 is 1.23 bits per heavy atom. The molecule has 0 saturated carbocycles. The van der Waals surface area contributed by atoms with E-state index in [-0.39, 0.29) is 22.6 Å². The Bertz CT molecular complexity index is 1120. The van der Waals surface area contributed by atoms with E-state index in [2.05, 4.69) is 20.4 Å². The van der Waals surface area contributed by atoms with Crippen molar-refractivity contribution in [3.8, 4) is 11.4 Å². The van der Waals surface area contributed by atoms with Crippen molar-refractivity contribution in [2.45, 2.75) is 33.0 Å². The third-order valence-electron chi connectivity index (χ3n) is 4.68. The van der Waals surface area contributed by atoms with E-state index in [4.69, 9.17) is 4.74 Å². The topological polar surface area (TPSA) is 103 Å². The number of nitrogens with one attached hydrogen (secondary N) is 1. The number of nitrogens with zero attached hydrogens (tertiary/aromatic N) is 4. The van der Waals surface area contributed by atoms with Gasteiger partial charge in [-0.25, -0.2) is 4.79 Å². The van der Waals surface area contributed by atoms with Gasteiger partial charge in [-0.3, -0.25) is 4.79 Å². The molecule has 30 heavy (non-hydrogen) atoms. The highest BCUT2D eigenvalue weighted by atomic mass is 19.4. The second kappa shape index (κ2) is 7.73. The Balaban J connectivity index is 1.90. The Morgan fingerprint density at radius 2 is 1.93 bits per heavy atom. The minimum atomic E-state index is -4.50. The van der Waals surface area contributed by atoms with Crippen LogP contribution in [0, 0.1) is 13.8 Å². The van der Waals surface area contributed by atoms with Gasteiger partial charge in [0.2, 0.25) is 11.6 Å². The van der Waals surface area contributed by atoms with E-state index in [1.54, 1.807) is 13.8 Å². The number of tetrazole rings is 1. The molecule has 0 radical (unpaired) electrons. The lowest BCUT2D eigenvalue weighted by Gasteiger charge is -2.09. The van der Waals surface area contributed by atoms with Crippen LogP contribution in [-0.4, -0.2) is 44.1 Å². The Morgan fingerprint density at radius 3 is 2.57 bits per heavy atom. The molecule has 2 aromatic heterocycles. The number of carbonyl (C=O) groups is 2. The van der Waals surface area contributed by atoms with E-state index >= 15 is 0 Å². The number of ketones is 1. The van der Waals surface area contributed by atoms with E-state index < -0.39 is 29.5 Å². The van der Waals surface area contributed by atoms with Crippen molar-refractivity contribution in [1.82, 2.24) is 25.2 Å². The summed E-state index contributed by atoms with van der Waals surface area (Å²) in [5.41, 5.74) is 0.645. The third-order valence-corrected chi connectivity index (χ3v) is 4.68. The van der Waals surface area contributed by atoms with Crippen molar-refractivity contribution in [3.05, 3.63) is 52.3 Å². The number of ether oxygens (including phenoxy) is 1. The molecule has 0 amide bonds. The summed E-state index contributed by atoms with van der Waals surface area (Å²) >= 11 is 0. The highest BCUT2D eigenvalue weighted by Gasteiger charge is 2.31. The number of aryl methyl sites for hydroxylation is 1. The van der Waals surface area contributed by atoms with Crippen molar-refractivity contribution in [2.75, 3.05) is 7.11 Å². The Kier molecular flexibility index (Phi) is 5.47. The summed E-state index contributed by atoms with van der Waals surface area (Å²) in [6.45, 7) is 4.77. The van der Waals surface area contributed by atoms with Crippen LogP contribution in [0.15, 0.2) is 24.3 Å². The number of benzene rings is 1. The quantitative estimate of drug-likeness (QED) is 0.499. The second-order valence-electron chi connectivity index (χ2n) is 6.67. The first-order valence-electron chi connectivity index (χ1n) is 8.83. The molecule has 0 aliphatic heterocycles. The summed E-state index contributed by atoms with van der Waals surface area (Å²) in [7, 11) is 1.24. The summed E-state index contributed by atoms with van der Waals surface area (Å²) in [4.78, 5) is 28.7. The zero-order chi connectivity index (χ0) is 22.2. The summed E-state index contributed by atoms with van der Waals surface area (Å²) < 4.78 is 43.5. The highest BCUT2D eigenvalue weighted by Crippen LogP contribution is 2.31. The van der Waals surface area contributed by atoms with Crippen molar-refractivity contribution in [1.29, 1.82) is 0 Å². The van der Waals surface area contributed by atoms with Crippen LogP contribution in [0.1, 0.15) is 50.6 Å². The van der Waals surface area contributed by atoms with Gasteiger partial charge in [-0.05, 0) is 43.7 Å². The molecule has 11 heteroatoms. The fourth-order valence-electron chi connectivity index (χ4n) is 3.06. The lowest BCUT2D eigenvalue weighted by Crippen LogP contribution is -2.20. The molecule has 1 atom stereocenters. The van der Waals surface area contributed by atoms with Gasteiger partial charge in [0.1, 0.15) is 6.04 Å². The molecule has 0 fully saturated rings. The molecule has 3 aromatic rings. The van der Waals surface area contributed by atoms with Crippen molar-refractivity contribution >= 4 is 11.8 Å². The maximum Gasteiger partial charge on any atom is 0.416 e. The molecule has 0 aliphatic rings. The van der Waals surface area contributed by atoms with Crippen LogP contribution < -0.4 is 0 Å². The minimum Gasteiger partial charge on any atom is -0.465 e. The predicted octanol–water partition coefficient (Wildman–Crippen LogP) is 3.53. The number of esters is 1. The largest absolute Gasteiger partial charge is 0.465 e. The summed E-state index contributed by atoms with van der Waals surface area (Å²) in [5.74, 6) is -1.03. The number of rotatable bonds is 5. The molecule has 2 heterocycles. The van der Waals surface area contributed by atoms with Gasteiger partial charge in [0.05, 0.1) is 23.9 Å². The van der Waals surface area contributed by atoms with Crippen LogP contribution in [0.4, 0.5) is 13.2 Å². The fourth-order valence-corrected chi connectivity index (χ4v) is 3.06. The first-order chi connectivity index (χ1) is 14.0. The van der Waals surface area contributed by atoms with Gasteiger partial charge in [0.15, 0.2) is 0 Å². The number of Topliss-reactive ketones (excluding diaryl/α,β-unsaturated/α-hetero) is 1. The lowest BCUT2D eigenvalue weighted by atomic mass is 10.1. The van der Waals surface area contributed by atoms with Gasteiger partial charge >= 0.3 is 12.1 Å². The standard InChI is InChI=1S/C19H18F3N5O3/c1-9-14(18(29)30-4)10(2)23-15(9)16(28)11(3)27-25-17(24-26-27)12-6-5-7-13(8-12)19(20,21)22/h5-8,11,23H,1-4H3/t11-/m1/s1. The first-order valence-corrected chi connectivity index (χ1v) is 8.83. The minimum absolute atomic E-state index is 0.0459. The summed E-state index contributed by atoms with van der Waals surface area (Å²) in [6, 6.07) is 3.60. The lowest BCUT2D eigenvalue weighted by molar-refractivity contribution is -0.137. The van der Waals surface area contributed by atoms with Crippen LogP contribution in [0.3, 0.4) is 0 Å². The number of methoxy groups -OCH3 is 1. The maximum atomic E-state index is 12.9. The first kappa shape index (κ1) is 21.2. The number of hydrogen-bond acceptors (Lipinski definition) is 6. The molecule has 1 N–H and O–H groups in total. The van der Waals surface area contributed by atoms with E-state index in [9.17, 15) is 22.8 Å². The zero-order valence-corrected chi connectivity index (χ0v) is 16.5. The second-order valence-corrected chi connectivity index (χ2v) is 6.67. The van der Waals surface area contributed by atoms with E-state index in [0.29, 0.717) is 11.3 Å². The molecule has 1 aromatic carbocycles. The molecule has 0 aliphatic carbocycles. The molecule has 3 rings (SSSR count). The van der Waals surface area contributed by atoms with Gasteiger partial charge in [-0.2, -0.15) is 18.0 Å². The third kappa shape index (κ3) is 3.82. The summed E-state index contributed by atoms with van der Waals surface area (Å²) in [6.07, 6.45) is -4.50. The molecule has 0 unspecified atom stereocenters. The van der Waals surface area contributed by atoms with Gasteiger partial charge in [0.25, 0.3) is 0 Å². The van der Waals surface area contributed by atoms with E-state index in [1.807, 2.05) is 0 Å². The molecule has 0 bridgehead atoms. The molecule has 0 spiro atoms. The van der Waals surface area contributed by atoms with Crippen LogP contribution in [0.25, 0.3) is 11.4 Å². The number of H-pyrrole nitrogens is 1. The average Bonchev–Trinajstić information content (AvgIpc) is 3.31. The number of aromatic amines is 1. The smallest absolute Gasteiger partial charge is 0.416 e. The van der Waals surface area contributed by atoms with Gasteiger partial charge < -0.3 is 9.72 Å². The van der Waals surface area contributed by atoms with Gasteiger partial charge in [-0.1, -0.05) is 12.1 Å². The monoisotopic (exact) mass is 421 g/mol. The van der Waals surface area contributed by atoms with Crippen molar-refractivity contribution in [3.63, 3.8) is 0 Å². The molecular weight excluding hydrogens is 403 g/mol. The van der Waals surface area contributed by atoms with E-state index in [1.165, 1.54) is 26.2 Å². The van der Waals surface area contributed by atoms with Gasteiger partial charge in [0, 0.05) is 11.3 Å². The van der Waals surface area contributed by atoms with Crippen LogP contribution in [0.2, 0.25) is 0 Å². The van der Waals surface area contributed by atoms with Crippen LogP contribution >= 0.6 is 0 Å². The molecular formula is C19H18F3N5O3. The number of carbonyl (C=O) groups excluding carboxylic acids is 2. The highest BCUT2D eigenvalue weighted by molar-refractivity contribution is 6.03. The van der Waals surface area contributed by atoms with Crippen molar-refractivity contribution < 1.29 is 27.5 Å². The van der Waals surface area contributed by atoms with Crippen LogP contribution in [0.5, 0.6) is 0 Å². The fraction of sp³-hybridized carbons (Fsp3) is 0.316. The summed E-state index contributed by atoms with van der Waals surface area (Å²) in [5, 5.41) is 11.6. The van der Waals surface area contributed by atoms with Gasteiger partial charge in [-0.15, -0.1) is 10.2 Å². The van der Waals surface area contributed by atoms with E-state index in [0.717, 1.165) is 16.9 Å². The number of alkyl halides is 3. The predicted molar refractivity (Wildman–Crippen MR) is 98.9 cm³/mol. The Hall–Kier alpha value is -3.50. The number of aromatic nitrogens is 5. The van der Waals surface area contributed by atoms with Crippen molar-refractivity contribution in [2.24, 2.45) is 0 Å². The SMILES string of the molecule is COC(=O)c1c(C)[nH]c(C(=O)[C@@H](C)n2nnc(-c3cccc(C(F)(F)F)c3)n2)c1C. The zero-order valence-electron chi connectivity index (χ0n) is 16.5. The molecule has 158 valence electrons. The number of hydrogen-bond donors (Lipinski definition) is 1. The average molecular weight is 421 g/mol. The molecule has 0 saturated heterocycles. The van der Waals surface area contributed by atoms with Crippen LogP contribution in [-0.2, 0) is 10.9 Å². The number of halogens is 3. The normalized spacial score (nSPS) is 12.6. The molecule has 8 nitrogen and oxygen atoms in total. The Labute approximate surface area is 169 Å². The maximum absolute atomic E-state index is 12.9.